The first-order valence-electron chi connectivity index (χ1n) is 7.01. The molecule has 1 aliphatic carbocycles. The van der Waals surface area contributed by atoms with Gasteiger partial charge in [0.2, 0.25) is 0 Å². The summed E-state index contributed by atoms with van der Waals surface area (Å²) in [6.07, 6.45) is 7.19. The van der Waals surface area contributed by atoms with Gasteiger partial charge in [-0.1, -0.05) is 19.3 Å². The Morgan fingerprint density at radius 3 is 2.53 bits per heavy atom. The zero-order valence-corrected chi connectivity index (χ0v) is 11.6. The summed E-state index contributed by atoms with van der Waals surface area (Å²) in [7, 11) is 2.15. The third kappa shape index (κ3) is 3.12. The summed E-state index contributed by atoms with van der Waals surface area (Å²) in [6, 6.07) is 2.31. The van der Waals surface area contributed by atoms with Crippen molar-refractivity contribution in [2.45, 2.75) is 52.5 Å². The number of hydrogen-bond acceptors (Lipinski definition) is 1. The molecule has 0 radical (unpaired) electrons. The highest BCUT2D eigenvalue weighted by Gasteiger charge is 2.13. The summed E-state index contributed by atoms with van der Waals surface area (Å²) < 4.78 is 2.28. The van der Waals surface area contributed by atoms with Gasteiger partial charge in [0.15, 0.2) is 0 Å². The largest absolute Gasteiger partial charge is 0.352 e. The summed E-state index contributed by atoms with van der Waals surface area (Å²) in [5.41, 5.74) is 4.22. The lowest BCUT2D eigenvalue weighted by Gasteiger charge is -2.21. The van der Waals surface area contributed by atoms with Crippen LogP contribution in [-0.2, 0) is 13.6 Å². The van der Waals surface area contributed by atoms with E-state index in [1.165, 1.54) is 55.6 Å². The van der Waals surface area contributed by atoms with Gasteiger partial charge in [-0.25, -0.2) is 0 Å². The summed E-state index contributed by atoms with van der Waals surface area (Å²) in [5, 5.41) is 3.64. The second kappa shape index (κ2) is 5.72. The molecule has 1 aromatic rings. The Morgan fingerprint density at radius 1 is 1.24 bits per heavy atom. The second-order valence-corrected chi connectivity index (χ2v) is 5.59. The van der Waals surface area contributed by atoms with E-state index in [-0.39, 0.29) is 0 Å². The molecule has 1 saturated carbocycles. The number of rotatable bonds is 4. The Labute approximate surface area is 105 Å². The maximum Gasteiger partial charge on any atom is 0.0223 e. The molecule has 1 aliphatic rings. The Bertz CT molecular complexity index is 359. The van der Waals surface area contributed by atoms with E-state index in [0.717, 1.165) is 12.5 Å². The van der Waals surface area contributed by atoms with E-state index in [1.807, 2.05) is 0 Å². The van der Waals surface area contributed by atoms with Crippen molar-refractivity contribution in [3.8, 4) is 0 Å². The molecule has 0 bridgehead atoms. The lowest BCUT2D eigenvalue weighted by Crippen LogP contribution is -2.24. The molecule has 2 nitrogen and oxygen atoms in total. The maximum absolute atomic E-state index is 3.64. The van der Waals surface area contributed by atoms with Crippen LogP contribution in [0.25, 0.3) is 0 Å². The van der Waals surface area contributed by atoms with Crippen LogP contribution in [0, 0.1) is 19.8 Å². The van der Waals surface area contributed by atoms with Gasteiger partial charge in [-0.05, 0) is 50.8 Å². The van der Waals surface area contributed by atoms with Crippen LogP contribution < -0.4 is 5.32 Å². The molecule has 2 heteroatoms. The lowest BCUT2D eigenvalue weighted by molar-refractivity contribution is 0.342. The minimum Gasteiger partial charge on any atom is -0.352 e. The molecule has 1 N–H and O–H groups in total. The third-order valence-corrected chi connectivity index (χ3v) is 4.35. The zero-order valence-electron chi connectivity index (χ0n) is 11.6. The van der Waals surface area contributed by atoms with Crippen LogP contribution in [-0.4, -0.2) is 11.1 Å². The Kier molecular flexibility index (Phi) is 4.27. The summed E-state index contributed by atoms with van der Waals surface area (Å²) in [5.74, 6) is 0.925. The monoisotopic (exact) mass is 234 g/mol. The number of nitrogens with zero attached hydrogens (tertiary/aromatic N) is 1. The molecule has 1 aromatic heterocycles. The smallest absolute Gasteiger partial charge is 0.0223 e. The second-order valence-electron chi connectivity index (χ2n) is 5.59. The van der Waals surface area contributed by atoms with Gasteiger partial charge >= 0.3 is 0 Å². The van der Waals surface area contributed by atoms with Crippen LogP contribution in [0.15, 0.2) is 6.07 Å². The molecule has 2 rings (SSSR count). The van der Waals surface area contributed by atoms with Crippen molar-refractivity contribution in [1.29, 1.82) is 0 Å². The summed E-state index contributed by atoms with van der Waals surface area (Å²) in [4.78, 5) is 0. The highest BCUT2D eigenvalue weighted by atomic mass is 15.0. The van der Waals surface area contributed by atoms with Crippen LogP contribution in [0.1, 0.15) is 49.1 Å². The molecule has 0 spiro atoms. The van der Waals surface area contributed by atoms with Gasteiger partial charge in [-0.15, -0.1) is 0 Å². The topological polar surface area (TPSA) is 17.0 Å². The molecular weight excluding hydrogens is 208 g/mol. The van der Waals surface area contributed by atoms with Gasteiger partial charge in [0.1, 0.15) is 0 Å². The van der Waals surface area contributed by atoms with Crippen LogP contribution in [0.4, 0.5) is 0 Å². The predicted octanol–water partition coefficient (Wildman–Crippen LogP) is 3.31. The molecule has 0 aromatic carbocycles. The lowest BCUT2D eigenvalue weighted by atomic mass is 9.89. The van der Waals surface area contributed by atoms with Gasteiger partial charge < -0.3 is 9.88 Å². The normalized spacial score (nSPS) is 17.6. The zero-order chi connectivity index (χ0) is 12.3. The quantitative estimate of drug-likeness (QED) is 0.845. The van der Waals surface area contributed by atoms with E-state index in [0.29, 0.717) is 0 Å². The molecule has 0 atom stereocenters. The van der Waals surface area contributed by atoms with E-state index in [9.17, 15) is 0 Å². The molecule has 0 unspecified atom stereocenters. The standard InChI is InChI=1S/C15H26N2/c1-12-9-15(13(2)17(12)3)11-16-10-14-7-5-4-6-8-14/h9,14,16H,4-8,10-11H2,1-3H3. The average molecular weight is 234 g/mol. The number of aromatic nitrogens is 1. The fourth-order valence-corrected chi connectivity index (χ4v) is 2.91. The minimum atomic E-state index is 0.925. The maximum atomic E-state index is 3.64. The van der Waals surface area contributed by atoms with Crippen molar-refractivity contribution in [3.05, 3.63) is 23.0 Å². The Morgan fingerprint density at radius 2 is 1.94 bits per heavy atom. The molecule has 0 aliphatic heterocycles. The van der Waals surface area contributed by atoms with Crippen molar-refractivity contribution < 1.29 is 0 Å². The first-order valence-corrected chi connectivity index (χ1v) is 7.01. The van der Waals surface area contributed by atoms with Crippen LogP contribution in [0.3, 0.4) is 0 Å². The first-order chi connectivity index (χ1) is 8.18. The van der Waals surface area contributed by atoms with Crippen molar-refractivity contribution in [3.63, 3.8) is 0 Å². The average Bonchev–Trinajstić information content (AvgIpc) is 2.59. The van der Waals surface area contributed by atoms with Gasteiger partial charge in [-0.3, -0.25) is 0 Å². The van der Waals surface area contributed by atoms with Gasteiger partial charge in [0.05, 0.1) is 0 Å². The van der Waals surface area contributed by atoms with E-state index >= 15 is 0 Å². The van der Waals surface area contributed by atoms with Crippen LogP contribution >= 0.6 is 0 Å². The summed E-state index contributed by atoms with van der Waals surface area (Å²) >= 11 is 0. The fraction of sp³-hybridized carbons (Fsp3) is 0.733. The molecule has 1 fully saturated rings. The Hall–Kier alpha value is -0.760. The molecular formula is C15H26N2. The van der Waals surface area contributed by atoms with Crippen molar-refractivity contribution in [2.75, 3.05) is 6.54 Å². The van der Waals surface area contributed by atoms with Crippen LogP contribution in [0.2, 0.25) is 0 Å². The van der Waals surface area contributed by atoms with Crippen molar-refractivity contribution in [2.24, 2.45) is 13.0 Å². The molecule has 0 saturated heterocycles. The molecule has 1 heterocycles. The number of aryl methyl sites for hydroxylation is 1. The fourth-order valence-electron chi connectivity index (χ4n) is 2.91. The molecule has 17 heavy (non-hydrogen) atoms. The number of nitrogens with one attached hydrogen (secondary N) is 1. The highest BCUT2D eigenvalue weighted by Crippen LogP contribution is 2.23. The van der Waals surface area contributed by atoms with Gasteiger partial charge in [-0.2, -0.15) is 0 Å². The summed E-state index contributed by atoms with van der Waals surface area (Å²) in [6.45, 7) is 6.62. The third-order valence-electron chi connectivity index (χ3n) is 4.35. The Balaban J connectivity index is 1.79. The number of hydrogen-bond donors (Lipinski definition) is 1. The first kappa shape index (κ1) is 12.7. The van der Waals surface area contributed by atoms with Crippen molar-refractivity contribution >= 4 is 0 Å². The molecule has 0 amide bonds. The van der Waals surface area contributed by atoms with Crippen molar-refractivity contribution in [1.82, 2.24) is 9.88 Å². The van der Waals surface area contributed by atoms with Gasteiger partial charge in [0, 0.05) is 25.0 Å². The highest BCUT2D eigenvalue weighted by molar-refractivity contribution is 5.26. The van der Waals surface area contributed by atoms with Crippen LogP contribution in [0.5, 0.6) is 0 Å². The predicted molar refractivity (Wildman–Crippen MR) is 73.2 cm³/mol. The van der Waals surface area contributed by atoms with E-state index in [4.69, 9.17) is 0 Å². The minimum absolute atomic E-state index is 0.925. The van der Waals surface area contributed by atoms with Gasteiger partial charge in [0.25, 0.3) is 0 Å². The van der Waals surface area contributed by atoms with E-state index < -0.39 is 0 Å². The van der Waals surface area contributed by atoms with E-state index in [2.05, 4.69) is 36.8 Å². The molecule has 96 valence electrons. The van der Waals surface area contributed by atoms with E-state index in [1.54, 1.807) is 0 Å². The SMILES string of the molecule is Cc1cc(CNCC2CCCCC2)c(C)n1C.